The highest BCUT2D eigenvalue weighted by atomic mass is 31.2. The fourth-order valence-electron chi connectivity index (χ4n) is 5.24. The predicted octanol–water partition coefficient (Wildman–Crippen LogP) is 10.6. The molecule has 3 atom stereocenters. The molecule has 0 rings (SSSR count). The van der Waals surface area contributed by atoms with Crippen molar-refractivity contribution in [1.82, 2.24) is 0 Å². The summed E-state index contributed by atoms with van der Waals surface area (Å²) in [6, 6.07) is -1.53. The van der Waals surface area contributed by atoms with Crippen molar-refractivity contribution in [2.45, 2.75) is 180 Å². The number of ether oxygens (including phenoxy) is 2. The minimum Gasteiger partial charge on any atom is -0.480 e. The van der Waals surface area contributed by atoms with E-state index in [0.29, 0.717) is 12.8 Å². The quantitative estimate of drug-likeness (QED) is 0.0235. The Hall–Kier alpha value is -2.56. The Morgan fingerprint density at radius 1 is 0.574 bits per heavy atom. The summed E-state index contributed by atoms with van der Waals surface area (Å²) < 4.78 is 32.6. The van der Waals surface area contributed by atoms with E-state index in [1.165, 1.54) is 57.8 Å². The van der Waals surface area contributed by atoms with Gasteiger partial charge in [0.15, 0.2) is 6.10 Å². The molecule has 0 saturated heterocycles. The molecule has 54 heavy (non-hydrogen) atoms. The van der Waals surface area contributed by atoms with Gasteiger partial charge in [-0.1, -0.05) is 127 Å². The summed E-state index contributed by atoms with van der Waals surface area (Å²) >= 11 is 0. The third-order valence-electron chi connectivity index (χ3n) is 8.55. The monoisotopic (exact) mass is 784 g/mol. The number of unbranched alkanes of at least 4 members (excludes halogenated alkanes) is 16. The molecule has 0 heterocycles. The molecule has 0 aromatic rings. The lowest BCUT2D eigenvalue weighted by molar-refractivity contribution is -0.161. The zero-order valence-corrected chi connectivity index (χ0v) is 34.4. The number of phosphoric acid groups is 1. The second-order valence-electron chi connectivity index (χ2n) is 13.8. The molecular formula is C42H74NO10P. The smallest absolute Gasteiger partial charge is 0.472 e. The summed E-state index contributed by atoms with van der Waals surface area (Å²) in [6.07, 6.45) is 40.4. The maximum atomic E-state index is 12.6. The van der Waals surface area contributed by atoms with Gasteiger partial charge in [-0.05, 0) is 77.0 Å². The number of carboxylic acid groups (broad SMARTS) is 1. The first-order valence-corrected chi connectivity index (χ1v) is 22.2. The molecule has 0 aliphatic rings. The molecule has 0 aromatic heterocycles. The SMILES string of the molecule is CCCCC/C=C/C/C=C/C/C=C/CCCCC(=O)O[C@H](COC(=O)CCCCCCC/C=C/CCCCCCCC)COP(=O)(O)OC[C@H](N)C(=O)O. The van der Waals surface area contributed by atoms with Crippen molar-refractivity contribution in [2.24, 2.45) is 5.73 Å². The lowest BCUT2D eigenvalue weighted by Crippen LogP contribution is -2.34. The number of allylic oxidation sites excluding steroid dienone is 8. The number of phosphoric ester groups is 1. The summed E-state index contributed by atoms with van der Waals surface area (Å²) in [5.41, 5.74) is 5.32. The van der Waals surface area contributed by atoms with Gasteiger partial charge in [0.1, 0.15) is 12.6 Å². The Labute approximate surface area is 326 Å². The Bertz CT molecular complexity index is 1110. The van der Waals surface area contributed by atoms with Crippen LogP contribution in [0, 0.1) is 0 Å². The molecule has 12 heteroatoms. The molecular weight excluding hydrogens is 709 g/mol. The number of esters is 2. The van der Waals surface area contributed by atoms with Gasteiger partial charge in [-0.15, -0.1) is 0 Å². The number of hydrogen-bond acceptors (Lipinski definition) is 9. The van der Waals surface area contributed by atoms with E-state index in [9.17, 15) is 23.8 Å². The van der Waals surface area contributed by atoms with Crippen LogP contribution in [0.1, 0.15) is 168 Å². The maximum Gasteiger partial charge on any atom is 0.472 e. The molecule has 0 fully saturated rings. The van der Waals surface area contributed by atoms with E-state index in [1.807, 2.05) is 0 Å². The van der Waals surface area contributed by atoms with Gasteiger partial charge in [0.25, 0.3) is 0 Å². The van der Waals surface area contributed by atoms with Gasteiger partial charge in [0.05, 0.1) is 13.2 Å². The van der Waals surface area contributed by atoms with E-state index >= 15 is 0 Å². The fourth-order valence-corrected chi connectivity index (χ4v) is 6.02. The highest BCUT2D eigenvalue weighted by Gasteiger charge is 2.28. The van der Waals surface area contributed by atoms with Crippen LogP contribution in [-0.4, -0.2) is 59.9 Å². The summed E-state index contributed by atoms with van der Waals surface area (Å²) in [5.74, 6) is -2.44. The summed E-state index contributed by atoms with van der Waals surface area (Å²) in [6.45, 7) is 2.71. The number of nitrogens with two attached hydrogens (primary N) is 1. The molecule has 11 nitrogen and oxygen atoms in total. The lowest BCUT2D eigenvalue weighted by Gasteiger charge is -2.20. The average Bonchev–Trinajstić information content (AvgIpc) is 3.14. The zero-order valence-electron chi connectivity index (χ0n) is 33.6. The molecule has 0 saturated carbocycles. The van der Waals surface area contributed by atoms with Crippen LogP contribution in [0.25, 0.3) is 0 Å². The highest BCUT2D eigenvalue weighted by molar-refractivity contribution is 7.47. The van der Waals surface area contributed by atoms with Gasteiger partial charge in [0.2, 0.25) is 0 Å². The first-order chi connectivity index (χ1) is 26.1. The Balaban J connectivity index is 4.49. The maximum absolute atomic E-state index is 12.6. The normalized spacial score (nSPS) is 14.3. The summed E-state index contributed by atoms with van der Waals surface area (Å²) in [7, 11) is -4.73. The first kappa shape index (κ1) is 51.4. The van der Waals surface area contributed by atoms with Gasteiger partial charge in [-0.2, -0.15) is 0 Å². The van der Waals surface area contributed by atoms with Crippen molar-refractivity contribution in [3.63, 3.8) is 0 Å². The molecule has 312 valence electrons. The number of hydrogen-bond donors (Lipinski definition) is 3. The summed E-state index contributed by atoms with van der Waals surface area (Å²) in [5, 5.41) is 8.87. The van der Waals surface area contributed by atoms with Crippen LogP contribution in [0.15, 0.2) is 48.6 Å². The van der Waals surface area contributed by atoms with Crippen molar-refractivity contribution in [2.75, 3.05) is 19.8 Å². The van der Waals surface area contributed by atoms with E-state index in [0.717, 1.165) is 70.6 Å². The van der Waals surface area contributed by atoms with Crippen LogP contribution in [0.2, 0.25) is 0 Å². The molecule has 0 aliphatic heterocycles. The molecule has 0 radical (unpaired) electrons. The zero-order chi connectivity index (χ0) is 40.0. The van der Waals surface area contributed by atoms with Crippen LogP contribution in [-0.2, 0) is 37.5 Å². The second-order valence-corrected chi connectivity index (χ2v) is 15.2. The average molecular weight is 784 g/mol. The number of carbonyl (C=O) groups excluding carboxylic acids is 2. The third kappa shape index (κ3) is 36.4. The van der Waals surface area contributed by atoms with Crippen molar-refractivity contribution in [3.8, 4) is 0 Å². The van der Waals surface area contributed by atoms with Gasteiger partial charge in [-0.25, -0.2) is 4.57 Å². The lowest BCUT2D eigenvalue weighted by atomic mass is 10.1. The predicted molar refractivity (Wildman–Crippen MR) is 217 cm³/mol. The molecule has 0 bridgehead atoms. The van der Waals surface area contributed by atoms with Crippen LogP contribution >= 0.6 is 7.82 Å². The Morgan fingerprint density at radius 3 is 1.56 bits per heavy atom. The minimum absolute atomic E-state index is 0.110. The van der Waals surface area contributed by atoms with E-state index in [-0.39, 0.29) is 19.4 Å². The van der Waals surface area contributed by atoms with Crippen LogP contribution in [0.4, 0.5) is 0 Å². The first-order valence-electron chi connectivity index (χ1n) is 20.7. The Morgan fingerprint density at radius 2 is 0.981 bits per heavy atom. The summed E-state index contributed by atoms with van der Waals surface area (Å²) in [4.78, 5) is 45.8. The largest absolute Gasteiger partial charge is 0.480 e. The van der Waals surface area contributed by atoms with Crippen molar-refractivity contribution in [1.29, 1.82) is 0 Å². The number of rotatable bonds is 38. The molecule has 0 aromatic carbocycles. The highest BCUT2D eigenvalue weighted by Crippen LogP contribution is 2.43. The topological polar surface area (TPSA) is 172 Å². The van der Waals surface area contributed by atoms with Crippen LogP contribution < -0.4 is 5.73 Å². The second kappa shape index (κ2) is 37.4. The van der Waals surface area contributed by atoms with Gasteiger partial charge in [-0.3, -0.25) is 23.4 Å². The number of aliphatic carboxylic acids is 1. The molecule has 4 N–H and O–H groups in total. The molecule has 1 unspecified atom stereocenters. The molecule has 0 aliphatic carbocycles. The van der Waals surface area contributed by atoms with Crippen molar-refractivity contribution in [3.05, 3.63) is 48.6 Å². The Kier molecular flexibility index (Phi) is 35.6. The van der Waals surface area contributed by atoms with E-state index in [4.69, 9.17) is 24.8 Å². The van der Waals surface area contributed by atoms with E-state index in [2.05, 4.69) is 67.0 Å². The van der Waals surface area contributed by atoms with Gasteiger partial charge < -0.3 is 25.2 Å². The standard InChI is InChI=1S/C42H74NO10P/c1-3-5-7-9-11-13-15-17-19-21-23-25-27-29-31-33-40(44)50-35-38(36-51-54(48,49)52-37-39(43)42(46)47)53-41(45)34-32-30-28-26-24-22-20-18-16-14-12-10-8-6-4-2/h12,14,17-20,24,26,38-39H,3-11,13,15-16,21-23,25,27-37,43H2,1-2H3,(H,46,47)(H,48,49)/b14-12+,19-17+,20-18+,26-24+/t38-,39+/m1/s1. The van der Waals surface area contributed by atoms with Gasteiger partial charge >= 0.3 is 25.7 Å². The van der Waals surface area contributed by atoms with Crippen molar-refractivity contribution >= 4 is 25.7 Å². The van der Waals surface area contributed by atoms with Crippen molar-refractivity contribution < 1.29 is 47.5 Å². The third-order valence-corrected chi connectivity index (χ3v) is 9.50. The fraction of sp³-hybridized carbons (Fsp3) is 0.738. The van der Waals surface area contributed by atoms with Gasteiger partial charge in [0, 0.05) is 12.8 Å². The number of carbonyl (C=O) groups is 3. The van der Waals surface area contributed by atoms with E-state index < -0.39 is 51.1 Å². The molecule has 0 spiro atoms. The minimum atomic E-state index is -4.73. The molecule has 0 amide bonds. The van der Waals surface area contributed by atoms with E-state index in [1.54, 1.807) is 0 Å². The number of carboxylic acids is 1. The van der Waals surface area contributed by atoms with Crippen LogP contribution in [0.5, 0.6) is 0 Å². The van der Waals surface area contributed by atoms with Crippen LogP contribution in [0.3, 0.4) is 0 Å².